The van der Waals surface area contributed by atoms with Gasteiger partial charge in [-0.1, -0.05) is 43.4 Å². The maximum absolute atomic E-state index is 12.9. The SMILES string of the molecule is CCC1(CO)OC(=O)C(/C=C/C=C/C=C2C(=O)OC3(CCCC4(C3)OC\C(=C/C=C/C=C/C3=C([O-])OC(C)(COC)OC3=O)C(=O)O4)OC2=O)=C([O-])O1. The first kappa shape index (κ1) is 38.6. The standard InChI is InChI=1S/C36H38O17/c1-4-34(20-37)50-29(41)24(30(42)51-34)14-9-6-10-15-25-31(43)52-36(53-32(25)44)17-11-16-35(19-36)46-18-22(26(38)49-35)12-7-5-8-13-23-27(39)47-33(2,21-45-3)48-28(23)40/h5-10,12-15,37,39,41H,4,11,16-21H2,1-3H3/p-2/b7-5+,10-6+,13-8+,14-9+,22-12+,25-15?. The molecule has 0 aromatic rings. The molecule has 284 valence electrons. The Kier molecular flexibility index (Phi) is 11.3. The minimum atomic E-state index is -1.75. The van der Waals surface area contributed by atoms with Crippen molar-refractivity contribution in [2.75, 3.05) is 26.9 Å². The van der Waals surface area contributed by atoms with Crippen LogP contribution in [0, 0.1) is 0 Å². The third kappa shape index (κ3) is 8.54. The Morgan fingerprint density at radius 2 is 1.30 bits per heavy atom. The Labute approximate surface area is 302 Å². The van der Waals surface area contributed by atoms with Gasteiger partial charge in [-0.05, 0) is 44.1 Å². The van der Waals surface area contributed by atoms with Gasteiger partial charge in [0.1, 0.15) is 5.57 Å². The van der Waals surface area contributed by atoms with Crippen molar-refractivity contribution in [2.24, 2.45) is 0 Å². The Balaban J connectivity index is 1.16. The number of aliphatic hydroxyl groups is 1. The van der Waals surface area contributed by atoms with Gasteiger partial charge in [-0.15, -0.1) is 0 Å². The van der Waals surface area contributed by atoms with Crippen LogP contribution in [0.2, 0.25) is 0 Å². The predicted octanol–water partition coefficient (Wildman–Crippen LogP) is 0.456. The molecule has 0 radical (unpaired) electrons. The molecule has 1 saturated carbocycles. The summed E-state index contributed by atoms with van der Waals surface area (Å²) in [6, 6.07) is 0. The highest BCUT2D eigenvalue weighted by molar-refractivity contribution is 6.15. The number of ether oxygens (including phenoxy) is 9. The lowest BCUT2D eigenvalue weighted by molar-refractivity contribution is -0.402. The van der Waals surface area contributed by atoms with Crippen LogP contribution in [0.4, 0.5) is 0 Å². The summed E-state index contributed by atoms with van der Waals surface area (Å²) >= 11 is 0. The average molecular weight is 741 g/mol. The maximum Gasteiger partial charge on any atom is 0.348 e. The number of aliphatic hydroxyl groups excluding tert-OH is 1. The fraction of sp³-hybridized carbons (Fsp3) is 0.417. The van der Waals surface area contributed by atoms with Crippen molar-refractivity contribution in [2.45, 2.75) is 69.1 Å². The summed E-state index contributed by atoms with van der Waals surface area (Å²) in [5, 5.41) is 33.9. The molecule has 1 aliphatic carbocycles. The van der Waals surface area contributed by atoms with Crippen molar-refractivity contribution in [1.29, 1.82) is 0 Å². The molecule has 17 nitrogen and oxygen atoms in total. The summed E-state index contributed by atoms with van der Waals surface area (Å²) in [6.45, 7) is 1.94. The number of carbonyl (C=O) groups is 5. The van der Waals surface area contributed by atoms with Crippen LogP contribution in [-0.4, -0.2) is 85.0 Å². The van der Waals surface area contributed by atoms with E-state index in [1.807, 2.05) is 0 Å². The van der Waals surface area contributed by atoms with Crippen molar-refractivity contribution < 1.29 is 81.9 Å². The second-order valence-electron chi connectivity index (χ2n) is 12.4. The van der Waals surface area contributed by atoms with Crippen molar-refractivity contribution >= 4 is 29.8 Å². The molecule has 5 aliphatic rings. The topological polar surface area (TPSA) is 235 Å². The fourth-order valence-corrected chi connectivity index (χ4v) is 5.76. The maximum atomic E-state index is 12.9. The van der Waals surface area contributed by atoms with Gasteiger partial charge in [0.05, 0.1) is 54.9 Å². The molecule has 53 heavy (non-hydrogen) atoms. The molecule has 3 atom stereocenters. The lowest BCUT2D eigenvalue weighted by Gasteiger charge is -2.47. The number of esters is 5. The van der Waals surface area contributed by atoms with Crippen LogP contribution >= 0.6 is 0 Å². The number of methoxy groups -OCH3 is 1. The summed E-state index contributed by atoms with van der Waals surface area (Å²) in [4.78, 5) is 63.3. The van der Waals surface area contributed by atoms with E-state index >= 15 is 0 Å². The monoisotopic (exact) mass is 740 g/mol. The first-order valence-corrected chi connectivity index (χ1v) is 16.4. The highest BCUT2D eigenvalue weighted by Gasteiger charge is 2.57. The van der Waals surface area contributed by atoms with Gasteiger partial charge in [-0.2, -0.15) is 0 Å². The van der Waals surface area contributed by atoms with Gasteiger partial charge in [0.15, 0.2) is 11.6 Å². The van der Waals surface area contributed by atoms with Gasteiger partial charge < -0.3 is 58.0 Å². The summed E-state index contributed by atoms with van der Waals surface area (Å²) in [5.74, 6) is -13.0. The molecule has 3 fully saturated rings. The lowest BCUT2D eigenvalue weighted by Crippen LogP contribution is -2.57. The molecular formula is C36H36O17-2. The zero-order chi connectivity index (χ0) is 38.4. The molecular weight excluding hydrogens is 704 g/mol. The highest BCUT2D eigenvalue weighted by Crippen LogP contribution is 2.46. The number of cyclic esters (lactones) is 2. The van der Waals surface area contributed by atoms with E-state index in [9.17, 15) is 39.3 Å². The van der Waals surface area contributed by atoms with E-state index in [0.29, 0.717) is 6.42 Å². The smallest absolute Gasteiger partial charge is 0.348 e. The number of carbonyl (C=O) groups excluding carboxylic acids is 5. The molecule has 0 aromatic carbocycles. The molecule has 4 aliphatic heterocycles. The van der Waals surface area contributed by atoms with E-state index in [-0.39, 0.29) is 50.0 Å². The van der Waals surface area contributed by atoms with Crippen LogP contribution in [-0.2, 0) is 66.6 Å². The molecule has 1 N–H and O–H groups in total. The normalized spacial score (nSPS) is 31.7. The third-order valence-corrected chi connectivity index (χ3v) is 8.45. The van der Waals surface area contributed by atoms with Gasteiger partial charge in [0.2, 0.25) is 5.79 Å². The Morgan fingerprint density at radius 3 is 1.87 bits per heavy atom. The molecule has 0 bridgehead atoms. The van der Waals surface area contributed by atoms with E-state index in [1.54, 1.807) is 6.92 Å². The average Bonchev–Trinajstić information content (AvgIpc) is 3.08. The first-order valence-electron chi connectivity index (χ1n) is 16.4. The van der Waals surface area contributed by atoms with E-state index < -0.39 is 82.6 Å². The molecule has 4 heterocycles. The van der Waals surface area contributed by atoms with Crippen LogP contribution in [0.25, 0.3) is 0 Å². The molecule has 2 spiro atoms. The van der Waals surface area contributed by atoms with Crippen LogP contribution in [0.5, 0.6) is 0 Å². The lowest BCUT2D eigenvalue weighted by atomic mass is 9.87. The third-order valence-electron chi connectivity index (χ3n) is 8.45. The van der Waals surface area contributed by atoms with Crippen molar-refractivity contribution in [3.8, 4) is 0 Å². The van der Waals surface area contributed by atoms with E-state index in [2.05, 4.69) is 0 Å². The predicted molar refractivity (Wildman–Crippen MR) is 170 cm³/mol. The fourth-order valence-electron chi connectivity index (χ4n) is 5.76. The van der Waals surface area contributed by atoms with Gasteiger partial charge in [0, 0.05) is 20.0 Å². The largest absolute Gasteiger partial charge is 0.573 e. The Bertz CT molecular complexity index is 1760. The van der Waals surface area contributed by atoms with Crippen LogP contribution in [0.1, 0.15) is 46.0 Å². The second-order valence-corrected chi connectivity index (χ2v) is 12.4. The number of allylic oxidation sites excluding steroid dienone is 8. The van der Waals surface area contributed by atoms with Crippen LogP contribution in [0.15, 0.2) is 94.9 Å². The van der Waals surface area contributed by atoms with Gasteiger partial charge in [-0.3, -0.25) is 0 Å². The Hall–Kier alpha value is -5.65. The van der Waals surface area contributed by atoms with Crippen molar-refractivity contribution in [3.63, 3.8) is 0 Å². The molecule has 0 aromatic heterocycles. The summed E-state index contributed by atoms with van der Waals surface area (Å²) in [7, 11) is 1.37. The molecule has 17 heteroatoms. The number of hydrogen-bond donors (Lipinski definition) is 1. The minimum absolute atomic E-state index is 0.0514. The van der Waals surface area contributed by atoms with Crippen LogP contribution < -0.4 is 10.2 Å². The molecule has 5 rings (SSSR count). The highest BCUT2D eigenvalue weighted by atomic mass is 16.8. The minimum Gasteiger partial charge on any atom is -0.573 e. The first-order chi connectivity index (χ1) is 25.2. The van der Waals surface area contributed by atoms with Crippen LogP contribution in [0.3, 0.4) is 0 Å². The van der Waals surface area contributed by atoms with E-state index in [4.69, 9.17) is 42.6 Å². The van der Waals surface area contributed by atoms with E-state index in [0.717, 1.165) is 12.2 Å². The number of rotatable bonds is 10. The summed E-state index contributed by atoms with van der Waals surface area (Å²) < 4.78 is 47.9. The van der Waals surface area contributed by atoms with Gasteiger partial charge >= 0.3 is 29.8 Å². The molecule has 0 amide bonds. The number of hydrogen-bond acceptors (Lipinski definition) is 17. The quantitative estimate of drug-likeness (QED) is 0.105. The summed E-state index contributed by atoms with van der Waals surface area (Å²) in [5.41, 5.74) is -1.06. The zero-order valence-corrected chi connectivity index (χ0v) is 28.9. The van der Waals surface area contributed by atoms with Gasteiger partial charge in [-0.25, -0.2) is 24.0 Å². The van der Waals surface area contributed by atoms with E-state index in [1.165, 1.54) is 62.6 Å². The van der Waals surface area contributed by atoms with Crippen molar-refractivity contribution in [1.82, 2.24) is 0 Å². The van der Waals surface area contributed by atoms with Crippen molar-refractivity contribution in [3.05, 3.63) is 94.9 Å². The van der Waals surface area contributed by atoms with Gasteiger partial charge in [0.25, 0.3) is 5.79 Å². The second kappa shape index (κ2) is 15.5. The molecule has 3 unspecified atom stereocenters. The Morgan fingerprint density at radius 1 is 0.717 bits per heavy atom. The molecule has 2 saturated heterocycles. The summed E-state index contributed by atoms with van der Waals surface area (Å²) in [6.07, 6.45) is 13.5. The zero-order valence-electron chi connectivity index (χ0n) is 28.9.